The summed E-state index contributed by atoms with van der Waals surface area (Å²) < 4.78 is 11.1. The third-order valence-corrected chi connectivity index (χ3v) is 4.44. The molecule has 0 bridgehead atoms. The van der Waals surface area contributed by atoms with E-state index >= 15 is 0 Å². The van der Waals surface area contributed by atoms with Gasteiger partial charge in [0.1, 0.15) is 5.54 Å². The van der Waals surface area contributed by atoms with Gasteiger partial charge in [0.15, 0.2) is 5.79 Å². The molecule has 1 atom stereocenters. The van der Waals surface area contributed by atoms with Crippen LogP contribution in [0.5, 0.6) is 0 Å². The number of hydrogen-bond acceptors (Lipinski definition) is 5. The maximum atomic E-state index is 12.3. The molecule has 0 spiro atoms. The van der Waals surface area contributed by atoms with E-state index in [4.69, 9.17) is 9.47 Å². The second-order valence-corrected chi connectivity index (χ2v) is 6.48. The van der Waals surface area contributed by atoms with Crippen LogP contribution >= 0.6 is 0 Å². The van der Waals surface area contributed by atoms with E-state index in [-0.39, 0.29) is 12.5 Å². The molecule has 0 unspecified atom stereocenters. The zero-order valence-corrected chi connectivity index (χ0v) is 14.2. The average molecular weight is 347 g/mol. The van der Waals surface area contributed by atoms with Crippen LogP contribution in [0.25, 0.3) is 0 Å². The SMILES string of the molecule is CC1(CNC(=O)c2ccc([C@@]3(C)NC(=O)NC3=O)cc2)OCCCO1. The summed E-state index contributed by atoms with van der Waals surface area (Å²) in [6.45, 7) is 4.85. The van der Waals surface area contributed by atoms with Crippen molar-refractivity contribution in [3.05, 3.63) is 35.4 Å². The second-order valence-electron chi connectivity index (χ2n) is 6.48. The van der Waals surface area contributed by atoms with Gasteiger partial charge in [-0.15, -0.1) is 0 Å². The van der Waals surface area contributed by atoms with Gasteiger partial charge >= 0.3 is 6.03 Å². The fourth-order valence-corrected chi connectivity index (χ4v) is 2.82. The van der Waals surface area contributed by atoms with E-state index < -0.39 is 23.3 Å². The van der Waals surface area contributed by atoms with E-state index in [1.165, 1.54) is 0 Å². The monoisotopic (exact) mass is 347 g/mol. The first-order valence-electron chi connectivity index (χ1n) is 8.13. The van der Waals surface area contributed by atoms with Crippen LogP contribution in [-0.4, -0.2) is 43.4 Å². The van der Waals surface area contributed by atoms with Gasteiger partial charge in [-0.2, -0.15) is 0 Å². The highest BCUT2D eigenvalue weighted by Gasteiger charge is 2.43. The zero-order valence-electron chi connectivity index (χ0n) is 14.2. The number of rotatable bonds is 4. The van der Waals surface area contributed by atoms with Gasteiger partial charge in [-0.05, 0) is 38.0 Å². The summed E-state index contributed by atoms with van der Waals surface area (Å²) in [7, 11) is 0. The third kappa shape index (κ3) is 3.49. The summed E-state index contributed by atoms with van der Waals surface area (Å²) in [5, 5.41) is 7.58. The fraction of sp³-hybridized carbons (Fsp3) is 0.471. The van der Waals surface area contributed by atoms with Gasteiger partial charge in [0, 0.05) is 5.56 Å². The van der Waals surface area contributed by atoms with Crippen molar-refractivity contribution in [2.45, 2.75) is 31.6 Å². The maximum Gasteiger partial charge on any atom is 0.322 e. The van der Waals surface area contributed by atoms with Crippen LogP contribution in [0.2, 0.25) is 0 Å². The highest BCUT2D eigenvalue weighted by atomic mass is 16.7. The van der Waals surface area contributed by atoms with Crippen LogP contribution in [0.15, 0.2) is 24.3 Å². The molecule has 0 saturated carbocycles. The lowest BCUT2D eigenvalue weighted by molar-refractivity contribution is -0.251. The molecule has 134 valence electrons. The quantitative estimate of drug-likeness (QED) is 0.693. The molecule has 0 aliphatic carbocycles. The standard InChI is InChI=1S/C17H21N3O5/c1-16(24-8-3-9-25-16)10-18-13(21)11-4-6-12(7-5-11)17(2)14(22)19-15(23)20-17/h4-7H,3,8-10H2,1-2H3,(H,18,21)(H2,19,20,22,23)/t17-/m1/s1. The summed E-state index contributed by atoms with van der Waals surface area (Å²) in [4.78, 5) is 35.6. The van der Waals surface area contributed by atoms with Crippen LogP contribution in [0, 0.1) is 0 Å². The lowest BCUT2D eigenvalue weighted by Crippen LogP contribution is -2.47. The Morgan fingerprint density at radius 2 is 1.80 bits per heavy atom. The molecule has 1 aromatic rings. The normalized spacial score (nSPS) is 25.2. The number of nitrogens with one attached hydrogen (secondary N) is 3. The number of ether oxygens (including phenoxy) is 2. The summed E-state index contributed by atoms with van der Waals surface area (Å²) in [5.74, 6) is -1.50. The number of urea groups is 1. The lowest BCUT2D eigenvalue weighted by atomic mass is 9.91. The smallest absolute Gasteiger partial charge is 0.322 e. The number of amides is 4. The fourth-order valence-electron chi connectivity index (χ4n) is 2.82. The van der Waals surface area contributed by atoms with Gasteiger partial charge in [-0.25, -0.2) is 4.79 Å². The van der Waals surface area contributed by atoms with Crippen molar-refractivity contribution >= 4 is 17.8 Å². The van der Waals surface area contributed by atoms with Crippen LogP contribution in [0.3, 0.4) is 0 Å². The predicted octanol–water partition coefficient (Wildman–Crippen LogP) is 0.624. The summed E-state index contributed by atoms with van der Waals surface area (Å²) >= 11 is 0. The highest BCUT2D eigenvalue weighted by molar-refractivity contribution is 6.07. The van der Waals surface area contributed by atoms with Crippen LogP contribution in [0.4, 0.5) is 4.79 Å². The van der Waals surface area contributed by atoms with Gasteiger partial charge in [0.25, 0.3) is 11.8 Å². The number of carbonyl (C=O) groups excluding carboxylic acids is 3. The Balaban J connectivity index is 1.65. The van der Waals surface area contributed by atoms with Gasteiger partial charge in [-0.1, -0.05) is 12.1 Å². The lowest BCUT2D eigenvalue weighted by Gasteiger charge is -2.33. The minimum absolute atomic E-state index is 0.240. The Labute approximate surface area is 145 Å². The van der Waals surface area contributed by atoms with E-state index in [0.29, 0.717) is 24.3 Å². The molecule has 3 rings (SSSR count). The van der Waals surface area contributed by atoms with Crippen LogP contribution in [-0.2, 0) is 19.8 Å². The van der Waals surface area contributed by atoms with E-state index in [0.717, 1.165) is 6.42 Å². The second kappa shape index (κ2) is 6.45. The molecule has 0 radical (unpaired) electrons. The molecule has 8 nitrogen and oxygen atoms in total. The van der Waals surface area contributed by atoms with E-state index in [1.807, 2.05) is 0 Å². The maximum absolute atomic E-state index is 12.3. The Bertz CT molecular complexity index is 697. The third-order valence-electron chi connectivity index (χ3n) is 4.44. The number of carbonyl (C=O) groups is 3. The van der Waals surface area contributed by atoms with Crippen molar-refractivity contribution in [2.75, 3.05) is 19.8 Å². The number of benzene rings is 1. The average Bonchev–Trinajstić information content (AvgIpc) is 2.87. The van der Waals surface area contributed by atoms with Gasteiger partial charge in [-0.3, -0.25) is 14.9 Å². The van der Waals surface area contributed by atoms with Gasteiger partial charge in [0.05, 0.1) is 19.8 Å². The topological polar surface area (TPSA) is 106 Å². The highest BCUT2D eigenvalue weighted by Crippen LogP contribution is 2.24. The predicted molar refractivity (Wildman–Crippen MR) is 87.7 cm³/mol. The van der Waals surface area contributed by atoms with Crippen LogP contribution in [0.1, 0.15) is 36.2 Å². The van der Waals surface area contributed by atoms with Crippen molar-refractivity contribution in [3.8, 4) is 0 Å². The Kier molecular flexibility index (Phi) is 4.49. The molecule has 2 heterocycles. The summed E-state index contributed by atoms with van der Waals surface area (Å²) in [6.07, 6.45) is 0.841. The van der Waals surface area contributed by atoms with Crippen molar-refractivity contribution in [3.63, 3.8) is 0 Å². The molecule has 2 aliphatic heterocycles. The molecular weight excluding hydrogens is 326 g/mol. The van der Waals surface area contributed by atoms with Crippen LogP contribution < -0.4 is 16.0 Å². The molecule has 8 heteroatoms. The summed E-state index contributed by atoms with van der Waals surface area (Å²) in [5.41, 5.74) is -0.0987. The Hall–Kier alpha value is -2.45. The Morgan fingerprint density at radius 3 is 2.36 bits per heavy atom. The van der Waals surface area contributed by atoms with E-state index in [2.05, 4.69) is 16.0 Å². The van der Waals surface area contributed by atoms with Gasteiger partial charge < -0.3 is 20.1 Å². The van der Waals surface area contributed by atoms with Crippen molar-refractivity contribution in [1.29, 1.82) is 0 Å². The first-order valence-corrected chi connectivity index (χ1v) is 8.13. The first-order chi connectivity index (χ1) is 11.8. The molecule has 2 fully saturated rings. The molecule has 4 amide bonds. The van der Waals surface area contributed by atoms with E-state index in [9.17, 15) is 14.4 Å². The van der Waals surface area contributed by atoms with E-state index in [1.54, 1.807) is 38.1 Å². The molecular formula is C17H21N3O5. The largest absolute Gasteiger partial charge is 0.348 e. The number of hydrogen-bond donors (Lipinski definition) is 3. The minimum atomic E-state index is -1.14. The van der Waals surface area contributed by atoms with Crippen molar-refractivity contribution in [2.24, 2.45) is 0 Å². The molecule has 2 aliphatic rings. The van der Waals surface area contributed by atoms with Crippen molar-refractivity contribution in [1.82, 2.24) is 16.0 Å². The van der Waals surface area contributed by atoms with Crippen molar-refractivity contribution < 1.29 is 23.9 Å². The molecule has 1 aromatic carbocycles. The number of imide groups is 1. The first kappa shape index (κ1) is 17.4. The molecule has 25 heavy (non-hydrogen) atoms. The Morgan fingerprint density at radius 1 is 1.16 bits per heavy atom. The molecule has 3 N–H and O–H groups in total. The minimum Gasteiger partial charge on any atom is -0.348 e. The summed E-state index contributed by atoms with van der Waals surface area (Å²) in [6, 6.07) is 5.98. The zero-order chi connectivity index (χ0) is 18.1. The molecule has 2 saturated heterocycles. The molecule has 0 aromatic heterocycles. The van der Waals surface area contributed by atoms with Gasteiger partial charge in [0.2, 0.25) is 0 Å².